The number of amides is 1. The van der Waals surface area contributed by atoms with Gasteiger partial charge in [0.1, 0.15) is 0 Å². The number of aromatic nitrogens is 1. The van der Waals surface area contributed by atoms with Crippen LogP contribution in [-0.4, -0.2) is 37.0 Å². The molecule has 1 aromatic carbocycles. The molecule has 6 nitrogen and oxygen atoms in total. The lowest BCUT2D eigenvalue weighted by molar-refractivity contribution is -0.120. The third-order valence-corrected chi connectivity index (χ3v) is 3.37. The van der Waals surface area contributed by atoms with Gasteiger partial charge < -0.3 is 16.0 Å². The van der Waals surface area contributed by atoms with Crippen molar-refractivity contribution in [2.75, 3.05) is 20.1 Å². The van der Waals surface area contributed by atoms with Gasteiger partial charge in [0, 0.05) is 38.4 Å². The molecule has 1 aromatic heterocycles. The summed E-state index contributed by atoms with van der Waals surface area (Å²) in [6, 6.07) is 15.7. The third kappa shape index (κ3) is 6.48. The van der Waals surface area contributed by atoms with E-state index < -0.39 is 0 Å². The first kappa shape index (κ1) is 17.5. The van der Waals surface area contributed by atoms with Crippen LogP contribution < -0.4 is 16.0 Å². The van der Waals surface area contributed by atoms with Crippen LogP contribution in [0.5, 0.6) is 0 Å². The number of hydrogen-bond acceptors (Lipinski definition) is 3. The van der Waals surface area contributed by atoms with Gasteiger partial charge in [-0.15, -0.1) is 0 Å². The average molecular weight is 325 g/mol. The van der Waals surface area contributed by atoms with Gasteiger partial charge in [0.25, 0.3) is 0 Å². The van der Waals surface area contributed by atoms with E-state index in [-0.39, 0.29) is 12.5 Å². The number of aliphatic imine (C=N–C) groups is 1. The highest BCUT2D eigenvalue weighted by atomic mass is 16.1. The average Bonchev–Trinajstić information content (AvgIpc) is 2.64. The van der Waals surface area contributed by atoms with Crippen LogP contribution >= 0.6 is 0 Å². The van der Waals surface area contributed by atoms with E-state index in [4.69, 9.17) is 0 Å². The van der Waals surface area contributed by atoms with Crippen molar-refractivity contribution in [3.8, 4) is 0 Å². The van der Waals surface area contributed by atoms with Crippen molar-refractivity contribution in [2.24, 2.45) is 4.99 Å². The number of guanidine groups is 1. The summed E-state index contributed by atoms with van der Waals surface area (Å²) in [4.78, 5) is 20.2. The summed E-state index contributed by atoms with van der Waals surface area (Å²) < 4.78 is 0. The Bertz CT molecular complexity index is 643. The van der Waals surface area contributed by atoms with Gasteiger partial charge in [-0.25, -0.2) is 0 Å². The van der Waals surface area contributed by atoms with Crippen LogP contribution in [-0.2, 0) is 17.8 Å². The smallest absolute Gasteiger partial charge is 0.239 e. The number of carbonyl (C=O) groups excluding carboxylic acids is 1. The predicted molar refractivity (Wildman–Crippen MR) is 95.6 cm³/mol. The first-order valence-electron chi connectivity index (χ1n) is 7.93. The quantitative estimate of drug-likeness (QED) is 0.526. The van der Waals surface area contributed by atoms with Crippen LogP contribution in [0.2, 0.25) is 0 Å². The molecule has 1 heterocycles. The predicted octanol–water partition coefficient (Wildman–Crippen LogP) is 1.11. The second kappa shape index (κ2) is 9.99. The van der Waals surface area contributed by atoms with E-state index in [1.807, 2.05) is 48.5 Å². The minimum atomic E-state index is -0.0773. The van der Waals surface area contributed by atoms with E-state index in [1.54, 1.807) is 13.2 Å². The van der Waals surface area contributed by atoms with E-state index in [2.05, 4.69) is 25.9 Å². The highest BCUT2D eigenvalue weighted by molar-refractivity contribution is 5.86. The van der Waals surface area contributed by atoms with Gasteiger partial charge in [-0.3, -0.25) is 14.8 Å². The van der Waals surface area contributed by atoms with Crippen LogP contribution in [0.15, 0.2) is 59.7 Å². The second-order valence-electron chi connectivity index (χ2n) is 5.19. The summed E-state index contributed by atoms with van der Waals surface area (Å²) in [5, 5.41) is 9.03. The zero-order valence-electron chi connectivity index (χ0n) is 13.8. The lowest BCUT2D eigenvalue weighted by Crippen LogP contribution is -2.43. The standard InChI is InChI=1S/C18H23N5O/c1-19-18(21-12-10-16-9-5-6-11-20-16)23-14-17(24)22-13-15-7-3-2-4-8-15/h2-9,11H,10,12-14H2,1H3,(H,22,24)(H2,19,21,23). The number of nitrogens with zero attached hydrogens (tertiary/aromatic N) is 2. The number of carbonyl (C=O) groups is 1. The Morgan fingerprint density at radius 1 is 1.04 bits per heavy atom. The summed E-state index contributed by atoms with van der Waals surface area (Å²) in [5.41, 5.74) is 2.09. The number of pyridine rings is 1. The van der Waals surface area contributed by atoms with E-state index in [0.29, 0.717) is 19.0 Å². The van der Waals surface area contributed by atoms with Crippen molar-refractivity contribution in [3.63, 3.8) is 0 Å². The minimum Gasteiger partial charge on any atom is -0.356 e. The molecule has 0 saturated heterocycles. The van der Waals surface area contributed by atoms with E-state index in [1.165, 1.54) is 0 Å². The zero-order chi connectivity index (χ0) is 17.0. The second-order valence-corrected chi connectivity index (χ2v) is 5.19. The maximum atomic E-state index is 11.9. The van der Waals surface area contributed by atoms with Crippen LogP contribution in [0.3, 0.4) is 0 Å². The summed E-state index contributed by atoms with van der Waals surface area (Å²) in [5.74, 6) is 0.521. The van der Waals surface area contributed by atoms with Gasteiger partial charge in [0.2, 0.25) is 5.91 Å². The van der Waals surface area contributed by atoms with Gasteiger partial charge >= 0.3 is 0 Å². The summed E-state index contributed by atoms with van der Waals surface area (Å²) >= 11 is 0. The Morgan fingerprint density at radius 3 is 2.54 bits per heavy atom. The van der Waals surface area contributed by atoms with Gasteiger partial charge in [-0.2, -0.15) is 0 Å². The van der Waals surface area contributed by atoms with Crippen molar-refractivity contribution >= 4 is 11.9 Å². The minimum absolute atomic E-state index is 0.0773. The lowest BCUT2D eigenvalue weighted by Gasteiger charge is -2.12. The number of rotatable bonds is 7. The molecule has 0 saturated carbocycles. The highest BCUT2D eigenvalue weighted by Crippen LogP contribution is 1.96. The lowest BCUT2D eigenvalue weighted by atomic mass is 10.2. The molecule has 2 rings (SSSR count). The Labute approximate surface area is 142 Å². The zero-order valence-corrected chi connectivity index (χ0v) is 13.8. The molecule has 0 bridgehead atoms. The third-order valence-electron chi connectivity index (χ3n) is 3.37. The summed E-state index contributed by atoms with van der Waals surface area (Å²) in [6.07, 6.45) is 2.57. The molecule has 2 aromatic rings. The van der Waals surface area contributed by atoms with Crippen molar-refractivity contribution in [3.05, 3.63) is 66.0 Å². The van der Waals surface area contributed by atoms with E-state index in [0.717, 1.165) is 17.7 Å². The molecule has 24 heavy (non-hydrogen) atoms. The van der Waals surface area contributed by atoms with Crippen molar-refractivity contribution in [1.82, 2.24) is 20.9 Å². The normalized spacial score (nSPS) is 11.0. The molecule has 0 unspecified atom stereocenters. The Hall–Kier alpha value is -2.89. The van der Waals surface area contributed by atoms with Crippen LogP contribution in [0, 0.1) is 0 Å². The highest BCUT2D eigenvalue weighted by Gasteiger charge is 2.03. The van der Waals surface area contributed by atoms with Gasteiger partial charge in [0.15, 0.2) is 5.96 Å². The molecule has 0 atom stereocenters. The van der Waals surface area contributed by atoms with Gasteiger partial charge in [-0.05, 0) is 17.7 Å². The largest absolute Gasteiger partial charge is 0.356 e. The van der Waals surface area contributed by atoms with E-state index in [9.17, 15) is 4.79 Å². The molecule has 3 N–H and O–H groups in total. The van der Waals surface area contributed by atoms with Crippen LogP contribution in [0.1, 0.15) is 11.3 Å². The number of benzene rings is 1. The maximum absolute atomic E-state index is 11.9. The molecule has 0 fully saturated rings. The van der Waals surface area contributed by atoms with Crippen LogP contribution in [0.4, 0.5) is 0 Å². The first-order valence-corrected chi connectivity index (χ1v) is 7.93. The Balaban J connectivity index is 1.64. The van der Waals surface area contributed by atoms with Crippen molar-refractivity contribution in [2.45, 2.75) is 13.0 Å². The maximum Gasteiger partial charge on any atom is 0.239 e. The van der Waals surface area contributed by atoms with Gasteiger partial charge in [-0.1, -0.05) is 36.4 Å². The molecule has 1 amide bonds. The SMILES string of the molecule is CN=C(NCCc1ccccn1)NCC(=O)NCc1ccccc1. The van der Waals surface area contributed by atoms with Crippen LogP contribution in [0.25, 0.3) is 0 Å². The molecule has 0 aliphatic heterocycles. The topological polar surface area (TPSA) is 78.4 Å². The summed E-state index contributed by atoms with van der Waals surface area (Å²) in [6.45, 7) is 1.39. The molecule has 0 aliphatic carbocycles. The fraction of sp³-hybridized carbons (Fsp3) is 0.278. The first-order chi connectivity index (χ1) is 11.8. The monoisotopic (exact) mass is 325 g/mol. The molecule has 0 radical (unpaired) electrons. The van der Waals surface area contributed by atoms with Crippen molar-refractivity contribution in [1.29, 1.82) is 0 Å². The summed E-state index contributed by atoms with van der Waals surface area (Å²) in [7, 11) is 1.68. The fourth-order valence-corrected chi connectivity index (χ4v) is 2.10. The molecule has 0 spiro atoms. The molecule has 0 aliphatic rings. The molecule has 126 valence electrons. The molecular formula is C18H23N5O. The Morgan fingerprint density at radius 2 is 1.83 bits per heavy atom. The fourth-order valence-electron chi connectivity index (χ4n) is 2.10. The van der Waals surface area contributed by atoms with Crippen molar-refractivity contribution < 1.29 is 4.79 Å². The molecule has 6 heteroatoms. The number of hydrogen-bond donors (Lipinski definition) is 3. The van der Waals surface area contributed by atoms with E-state index >= 15 is 0 Å². The Kier molecular flexibility index (Phi) is 7.27. The number of nitrogens with one attached hydrogen (secondary N) is 3. The van der Waals surface area contributed by atoms with Gasteiger partial charge in [0.05, 0.1) is 6.54 Å². The molecular weight excluding hydrogens is 302 g/mol.